The Hall–Kier alpha value is -2.65. The summed E-state index contributed by atoms with van der Waals surface area (Å²) in [5, 5.41) is 13.9. The van der Waals surface area contributed by atoms with Gasteiger partial charge in [-0.25, -0.2) is 0 Å². The van der Waals surface area contributed by atoms with Crippen molar-refractivity contribution in [2.75, 3.05) is 19.6 Å². The van der Waals surface area contributed by atoms with Gasteiger partial charge in [0.15, 0.2) is 0 Å². The van der Waals surface area contributed by atoms with Crippen molar-refractivity contribution in [2.45, 2.75) is 50.6 Å². The zero-order valence-electron chi connectivity index (χ0n) is 18.2. The molecule has 0 radical (unpaired) electrons. The van der Waals surface area contributed by atoms with Crippen LogP contribution in [0.2, 0.25) is 0 Å². The number of hydrogen-bond donors (Lipinski definition) is 2. The summed E-state index contributed by atoms with van der Waals surface area (Å²) in [5.41, 5.74) is 2.73. The summed E-state index contributed by atoms with van der Waals surface area (Å²) in [6, 6.07) is 9.96. The van der Waals surface area contributed by atoms with Crippen LogP contribution < -0.4 is 10.1 Å². The number of aromatic nitrogens is 1. The lowest BCUT2D eigenvalue weighted by molar-refractivity contribution is -0.274. The molecule has 9 heteroatoms. The summed E-state index contributed by atoms with van der Waals surface area (Å²) in [6.07, 6.45) is -0.877. The standard InChI is InChI=1S/C24H28F3N3O3/c25-24(26,27)33-19-7-8-20(28-14-19)23(32)21(15-30-9-3-4-10-30)29-22(31)13-16-11-17-5-1-2-6-18(17)12-16/h1-2,5-8,14,16,21,23,32H,3-4,9-13,15H2,(H,29,31)/t21-,23-/m1/s1. The molecule has 2 atom stereocenters. The number of nitrogens with one attached hydrogen (secondary N) is 1. The number of hydrogen-bond acceptors (Lipinski definition) is 5. The zero-order valence-corrected chi connectivity index (χ0v) is 18.2. The molecular formula is C24H28F3N3O3. The molecule has 2 N–H and O–H groups in total. The average Bonchev–Trinajstić information content (AvgIpc) is 3.41. The topological polar surface area (TPSA) is 74.7 Å². The second kappa shape index (κ2) is 10.1. The number of pyridine rings is 1. The van der Waals surface area contributed by atoms with E-state index in [4.69, 9.17) is 0 Å². The van der Waals surface area contributed by atoms with Gasteiger partial charge in [0, 0.05) is 13.0 Å². The molecule has 2 heterocycles. The van der Waals surface area contributed by atoms with Gasteiger partial charge in [0.1, 0.15) is 11.9 Å². The van der Waals surface area contributed by atoms with Gasteiger partial charge >= 0.3 is 6.36 Å². The van der Waals surface area contributed by atoms with E-state index < -0.39 is 24.3 Å². The van der Waals surface area contributed by atoms with Gasteiger partial charge in [-0.05, 0) is 68.0 Å². The van der Waals surface area contributed by atoms with Crippen molar-refractivity contribution in [2.24, 2.45) is 5.92 Å². The average molecular weight is 464 g/mol. The Balaban J connectivity index is 1.40. The van der Waals surface area contributed by atoms with Crippen LogP contribution in [0.4, 0.5) is 13.2 Å². The van der Waals surface area contributed by atoms with Crippen LogP contribution in [0.3, 0.4) is 0 Å². The number of aliphatic hydroxyl groups is 1. The van der Waals surface area contributed by atoms with Gasteiger partial charge in [0.2, 0.25) is 5.91 Å². The third-order valence-electron chi connectivity index (χ3n) is 6.29. The van der Waals surface area contributed by atoms with E-state index in [1.54, 1.807) is 0 Å². The fraction of sp³-hybridized carbons (Fsp3) is 0.500. The molecule has 178 valence electrons. The number of ether oxygens (including phenoxy) is 1. The number of aliphatic hydroxyl groups excluding tert-OH is 1. The third-order valence-corrected chi connectivity index (χ3v) is 6.29. The van der Waals surface area contributed by atoms with Crippen LogP contribution >= 0.6 is 0 Å². The van der Waals surface area contributed by atoms with Crippen molar-refractivity contribution < 1.29 is 27.8 Å². The maximum atomic E-state index is 12.9. The first-order valence-corrected chi connectivity index (χ1v) is 11.2. The molecule has 0 saturated carbocycles. The first-order chi connectivity index (χ1) is 15.8. The summed E-state index contributed by atoms with van der Waals surface area (Å²) in [7, 11) is 0. The molecule has 4 rings (SSSR count). The van der Waals surface area contributed by atoms with Crippen molar-refractivity contribution in [1.82, 2.24) is 15.2 Å². The molecule has 0 unspecified atom stereocenters. The Morgan fingerprint density at radius 1 is 1.15 bits per heavy atom. The summed E-state index contributed by atoms with van der Waals surface area (Å²) < 4.78 is 41.1. The van der Waals surface area contributed by atoms with E-state index in [-0.39, 0.29) is 17.5 Å². The van der Waals surface area contributed by atoms with E-state index in [0.29, 0.717) is 13.0 Å². The van der Waals surface area contributed by atoms with Crippen LogP contribution in [0, 0.1) is 5.92 Å². The number of likely N-dealkylation sites (tertiary alicyclic amines) is 1. The van der Waals surface area contributed by atoms with Crippen molar-refractivity contribution in [1.29, 1.82) is 0 Å². The minimum absolute atomic E-state index is 0.145. The Labute approximate surface area is 190 Å². The molecule has 1 aromatic carbocycles. The van der Waals surface area contributed by atoms with E-state index in [1.165, 1.54) is 17.2 Å². The fourth-order valence-corrected chi connectivity index (χ4v) is 4.76. The SMILES string of the molecule is O=C(CC1Cc2ccccc2C1)N[C@H](CN1CCCC1)[C@H](O)c1ccc(OC(F)(F)F)cn1. The first kappa shape index (κ1) is 23.5. The lowest BCUT2D eigenvalue weighted by atomic mass is 10.0. The molecule has 1 amide bonds. The number of carbonyl (C=O) groups is 1. The van der Waals surface area contributed by atoms with E-state index >= 15 is 0 Å². The van der Waals surface area contributed by atoms with Gasteiger partial charge in [-0.3, -0.25) is 9.78 Å². The minimum Gasteiger partial charge on any atom is -0.404 e. The van der Waals surface area contributed by atoms with Gasteiger partial charge in [0.25, 0.3) is 0 Å². The highest BCUT2D eigenvalue weighted by Gasteiger charge is 2.32. The highest BCUT2D eigenvalue weighted by Crippen LogP contribution is 2.29. The Morgan fingerprint density at radius 2 is 1.82 bits per heavy atom. The van der Waals surface area contributed by atoms with Crippen LogP contribution in [-0.2, 0) is 17.6 Å². The van der Waals surface area contributed by atoms with Gasteiger partial charge < -0.3 is 20.1 Å². The minimum atomic E-state index is -4.81. The third kappa shape index (κ3) is 6.45. The van der Waals surface area contributed by atoms with Crippen molar-refractivity contribution in [3.63, 3.8) is 0 Å². The number of fused-ring (bicyclic) bond motifs is 1. The van der Waals surface area contributed by atoms with E-state index in [9.17, 15) is 23.1 Å². The highest BCUT2D eigenvalue weighted by atomic mass is 19.4. The lowest BCUT2D eigenvalue weighted by Gasteiger charge is -2.28. The first-order valence-electron chi connectivity index (χ1n) is 11.2. The Morgan fingerprint density at radius 3 is 2.39 bits per heavy atom. The number of benzene rings is 1. The predicted octanol–water partition coefficient (Wildman–Crippen LogP) is 3.40. The summed E-state index contributed by atoms with van der Waals surface area (Å²) in [6.45, 7) is 2.20. The predicted molar refractivity (Wildman–Crippen MR) is 115 cm³/mol. The van der Waals surface area contributed by atoms with Crippen molar-refractivity contribution in [3.8, 4) is 5.75 Å². The normalized spacial score (nSPS) is 18.7. The van der Waals surface area contributed by atoms with Crippen LogP contribution in [0.5, 0.6) is 5.75 Å². The number of alkyl halides is 3. The molecular weight excluding hydrogens is 435 g/mol. The summed E-state index contributed by atoms with van der Waals surface area (Å²) >= 11 is 0. The monoisotopic (exact) mass is 463 g/mol. The quantitative estimate of drug-likeness (QED) is 0.628. The maximum Gasteiger partial charge on any atom is 0.573 e. The molecule has 1 aliphatic heterocycles. The molecule has 0 bridgehead atoms. The lowest BCUT2D eigenvalue weighted by Crippen LogP contribution is -2.47. The Bertz CT molecular complexity index is 921. The number of halogens is 3. The molecule has 6 nitrogen and oxygen atoms in total. The molecule has 1 aromatic heterocycles. The number of nitrogens with zero attached hydrogens (tertiary/aromatic N) is 2. The maximum absolute atomic E-state index is 12.9. The second-order valence-electron chi connectivity index (χ2n) is 8.84. The van der Waals surface area contributed by atoms with Crippen LogP contribution in [0.25, 0.3) is 0 Å². The number of amides is 1. The number of carbonyl (C=O) groups excluding carboxylic acids is 1. The molecule has 0 spiro atoms. The van der Waals surface area contributed by atoms with Crippen LogP contribution in [0.1, 0.15) is 42.2 Å². The van der Waals surface area contributed by atoms with Crippen molar-refractivity contribution >= 4 is 5.91 Å². The smallest absolute Gasteiger partial charge is 0.404 e. The summed E-state index contributed by atoms with van der Waals surface area (Å²) in [4.78, 5) is 19.0. The van der Waals surface area contributed by atoms with Crippen LogP contribution in [0.15, 0.2) is 42.6 Å². The second-order valence-corrected chi connectivity index (χ2v) is 8.84. The van der Waals surface area contributed by atoms with Crippen molar-refractivity contribution in [3.05, 3.63) is 59.4 Å². The zero-order chi connectivity index (χ0) is 23.4. The highest BCUT2D eigenvalue weighted by molar-refractivity contribution is 5.77. The number of rotatable bonds is 8. The van der Waals surface area contributed by atoms with Gasteiger partial charge in [0.05, 0.1) is 17.9 Å². The molecule has 2 aliphatic rings. The van der Waals surface area contributed by atoms with Crippen LogP contribution in [-0.4, -0.2) is 52.9 Å². The van der Waals surface area contributed by atoms with E-state index in [1.807, 2.05) is 12.1 Å². The molecule has 2 aromatic rings. The van der Waals surface area contributed by atoms with Gasteiger partial charge in [-0.2, -0.15) is 0 Å². The molecule has 1 fully saturated rings. The largest absolute Gasteiger partial charge is 0.573 e. The molecule has 33 heavy (non-hydrogen) atoms. The van der Waals surface area contributed by atoms with Gasteiger partial charge in [-0.15, -0.1) is 13.2 Å². The summed E-state index contributed by atoms with van der Waals surface area (Å²) in [5.74, 6) is -0.392. The van der Waals surface area contributed by atoms with E-state index in [0.717, 1.165) is 51.0 Å². The van der Waals surface area contributed by atoms with E-state index in [2.05, 4.69) is 32.1 Å². The molecule has 1 aliphatic carbocycles. The fourth-order valence-electron chi connectivity index (χ4n) is 4.76. The van der Waals surface area contributed by atoms with Gasteiger partial charge in [-0.1, -0.05) is 24.3 Å². The molecule has 1 saturated heterocycles. The Kier molecular flexibility index (Phi) is 7.19.